The van der Waals surface area contributed by atoms with Gasteiger partial charge in [0.05, 0.1) is 12.8 Å². The van der Waals surface area contributed by atoms with Crippen molar-refractivity contribution in [2.24, 2.45) is 0 Å². The number of hydrogen-bond acceptors (Lipinski definition) is 3. The van der Waals surface area contributed by atoms with Gasteiger partial charge >= 0.3 is 0 Å². The van der Waals surface area contributed by atoms with Crippen LogP contribution in [0.5, 0.6) is 0 Å². The third-order valence-electron chi connectivity index (χ3n) is 4.54. The van der Waals surface area contributed by atoms with Gasteiger partial charge in [0.2, 0.25) is 11.8 Å². The van der Waals surface area contributed by atoms with Crippen LogP contribution in [0.3, 0.4) is 0 Å². The molecule has 0 aliphatic carbocycles. The summed E-state index contributed by atoms with van der Waals surface area (Å²) < 4.78 is 0. The lowest BCUT2D eigenvalue weighted by Gasteiger charge is -2.22. The van der Waals surface area contributed by atoms with Gasteiger partial charge in [-0.15, -0.1) is 11.3 Å². The first-order chi connectivity index (χ1) is 12.1. The largest absolute Gasteiger partial charge is 0.341 e. The molecule has 0 radical (unpaired) electrons. The molecule has 2 heterocycles. The lowest BCUT2D eigenvalue weighted by atomic mass is 10.1. The molecule has 132 valence electrons. The number of amides is 2. The normalized spacial score (nSPS) is 15.1. The van der Waals surface area contributed by atoms with Crippen molar-refractivity contribution in [2.45, 2.75) is 26.2 Å². The van der Waals surface area contributed by atoms with Crippen LogP contribution in [0.4, 0.5) is 0 Å². The predicted octanol–water partition coefficient (Wildman–Crippen LogP) is 2.90. The fourth-order valence-electron chi connectivity index (χ4n) is 3.20. The van der Waals surface area contributed by atoms with Gasteiger partial charge in [-0.3, -0.25) is 9.59 Å². The standard InChI is InChI=1S/C20H24N2O2S/c1-16-5-2-6-17(13-16)14-19(23)21-8-4-9-22(11-10-21)20(24)15-18-7-3-12-25-18/h2-3,5-7,12-13H,4,8-11,14-15H2,1H3. The Hall–Kier alpha value is -2.14. The predicted molar refractivity (Wildman–Crippen MR) is 101 cm³/mol. The van der Waals surface area contributed by atoms with E-state index in [0.29, 0.717) is 25.9 Å². The molecule has 1 aliphatic rings. The molecule has 3 rings (SSSR count). The molecule has 4 nitrogen and oxygen atoms in total. The number of rotatable bonds is 4. The fraction of sp³-hybridized carbons (Fsp3) is 0.400. The summed E-state index contributed by atoms with van der Waals surface area (Å²) in [5.41, 5.74) is 2.23. The van der Waals surface area contributed by atoms with Crippen LogP contribution in [0.25, 0.3) is 0 Å². The van der Waals surface area contributed by atoms with Crippen LogP contribution in [0.15, 0.2) is 41.8 Å². The van der Waals surface area contributed by atoms with E-state index >= 15 is 0 Å². The molecule has 5 heteroatoms. The van der Waals surface area contributed by atoms with Crippen molar-refractivity contribution < 1.29 is 9.59 Å². The molecule has 1 aliphatic heterocycles. The number of thiophene rings is 1. The molecule has 0 spiro atoms. The van der Waals surface area contributed by atoms with Crippen molar-refractivity contribution in [3.8, 4) is 0 Å². The first-order valence-corrected chi connectivity index (χ1v) is 9.63. The van der Waals surface area contributed by atoms with Crippen LogP contribution in [-0.4, -0.2) is 47.8 Å². The molecule has 1 fully saturated rings. The second kappa shape index (κ2) is 8.30. The Morgan fingerprint density at radius 2 is 1.68 bits per heavy atom. The van der Waals surface area contributed by atoms with Gasteiger partial charge in [0.15, 0.2) is 0 Å². The second-order valence-corrected chi connectivity index (χ2v) is 7.57. The molecule has 0 saturated carbocycles. The maximum Gasteiger partial charge on any atom is 0.227 e. The maximum absolute atomic E-state index is 12.6. The smallest absolute Gasteiger partial charge is 0.227 e. The molecule has 1 saturated heterocycles. The van der Waals surface area contributed by atoms with Crippen LogP contribution in [-0.2, 0) is 22.4 Å². The van der Waals surface area contributed by atoms with Gasteiger partial charge < -0.3 is 9.80 Å². The summed E-state index contributed by atoms with van der Waals surface area (Å²) in [6.07, 6.45) is 1.75. The topological polar surface area (TPSA) is 40.6 Å². The van der Waals surface area contributed by atoms with Crippen molar-refractivity contribution in [1.29, 1.82) is 0 Å². The van der Waals surface area contributed by atoms with Crippen molar-refractivity contribution in [1.82, 2.24) is 9.80 Å². The molecular formula is C20H24N2O2S. The number of carbonyl (C=O) groups excluding carboxylic acids is 2. The lowest BCUT2D eigenvalue weighted by molar-refractivity contribution is -0.132. The van der Waals surface area contributed by atoms with Gasteiger partial charge in [-0.1, -0.05) is 35.9 Å². The zero-order chi connectivity index (χ0) is 17.6. The Kier molecular flexibility index (Phi) is 5.87. The molecule has 0 unspecified atom stereocenters. The minimum atomic E-state index is 0.151. The molecule has 2 amide bonds. The van der Waals surface area contributed by atoms with Gasteiger partial charge in [-0.05, 0) is 30.4 Å². The monoisotopic (exact) mass is 356 g/mol. The third kappa shape index (κ3) is 4.92. The zero-order valence-electron chi connectivity index (χ0n) is 14.6. The van der Waals surface area contributed by atoms with E-state index in [1.165, 1.54) is 5.56 Å². The van der Waals surface area contributed by atoms with Gasteiger partial charge in [0.25, 0.3) is 0 Å². The third-order valence-corrected chi connectivity index (χ3v) is 5.42. The van der Waals surface area contributed by atoms with E-state index in [0.717, 1.165) is 30.0 Å². The molecule has 0 atom stereocenters. The van der Waals surface area contributed by atoms with Gasteiger partial charge in [-0.25, -0.2) is 0 Å². The van der Waals surface area contributed by atoms with E-state index in [1.54, 1.807) is 11.3 Å². The van der Waals surface area contributed by atoms with Crippen molar-refractivity contribution in [2.75, 3.05) is 26.2 Å². The average molecular weight is 356 g/mol. The Labute approximate surface area is 153 Å². The quantitative estimate of drug-likeness (QED) is 0.845. The lowest BCUT2D eigenvalue weighted by Crippen LogP contribution is -2.38. The van der Waals surface area contributed by atoms with Crippen molar-refractivity contribution >= 4 is 23.2 Å². The molecular weight excluding hydrogens is 332 g/mol. The fourth-order valence-corrected chi connectivity index (χ4v) is 3.89. The van der Waals surface area contributed by atoms with E-state index in [2.05, 4.69) is 6.07 Å². The molecule has 25 heavy (non-hydrogen) atoms. The van der Waals surface area contributed by atoms with E-state index < -0.39 is 0 Å². The molecule has 1 aromatic heterocycles. The molecule has 0 bridgehead atoms. The number of aryl methyl sites for hydroxylation is 1. The molecule has 0 N–H and O–H groups in total. The summed E-state index contributed by atoms with van der Waals surface area (Å²) in [5, 5.41) is 2.00. The van der Waals surface area contributed by atoms with E-state index in [4.69, 9.17) is 0 Å². The summed E-state index contributed by atoms with van der Waals surface area (Å²) in [7, 11) is 0. The van der Waals surface area contributed by atoms with Gasteiger partial charge in [0, 0.05) is 31.1 Å². The van der Waals surface area contributed by atoms with Gasteiger partial charge in [-0.2, -0.15) is 0 Å². The highest BCUT2D eigenvalue weighted by atomic mass is 32.1. The number of hydrogen-bond donors (Lipinski definition) is 0. The van der Waals surface area contributed by atoms with Crippen LogP contribution in [0.2, 0.25) is 0 Å². The highest BCUT2D eigenvalue weighted by molar-refractivity contribution is 7.10. The Balaban J connectivity index is 1.54. The first-order valence-electron chi connectivity index (χ1n) is 8.75. The first kappa shape index (κ1) is 17.7. The number of benzene rings is 1. The zero-order valence-corrected chi connectivity index (χ0v) is 15.4. The van der Waals surface area contributed by atoms with E-state index in [-0.39, 0.29) is 11.8 Å². The summed E-state index contributed by atoms with van der Waals surface area (Å²) in [5.74, 6) is 0.314. The highest BCUT2D eigenvalue weighted by Crippen LogP contribution is 2.13. The summed E-state index contributed by atoms with van der Waals surface area (Å²) in [4.78, 5) is 29.9. The summed E-state index contributed by atoms with van der Waals surface area (Å²) in [6, 6.07) is 12.1. The summed E-state index contributed by atoms with van der Waals surface area (Å²) >= 11 is 1.62. The second-order valence-electron chi connectivity index (χ2n) is 6.54. The minimum absolute atomic E-state index is 0.151. The minimum Gasteiger partial charge on any atom is -0.341 e. The van der Waals surface area contributed by atoms with Crippen LogP contribution < -0.4 is 0 Å². The van der Waals surface area contributed by atoms with Crippen LogP contribution >= 0.6 is 11.3 Å². The Bertz CT molecular complexity index is 727. The highest BCUT2D eigenvalue weighted by Gasteiger charge is 2.22. The van der Waals surface area contributed by atoms with Crippen molar-refractivity contribution in [3.63, 3.8) is 0 Å². The Morgan fingerprint density at radius 3 is 2.32 bits per heavy atom. The van der Waals surface area contributed by atoms with Crippen molar-refractivity contribution in [3.05, 3.63) is 57.8 Å². The SMILES string of the molecule is Cc1cccc(CC(=O)N2CCCN(C(=O)Cc3cccs3)CC2)c1. The van der Waals surface area contributed by atoms with Gasteiger partial charge in [0.1, 0.15) is 0 Å². The average Bonchev–Trinajstić information content (AvgIpc) is 2.95. The van der Waals surface area contributed by atoms with Crippen LogP contribution in [0.1, 0.15) is 22.4 Å². The van der Waals surface area contributed by atoms with Crippen LogP contribution in [0, 0.1) is 6.92 Å². The van der Waals surface area contributed by atoms with E-state index in [9.17, 15) is 9.59 Å². The number of nitrogens with zero attached hydrogens (tertiary/aromatic N) is 2. The molecule has 1 aromatic carbocycles. The maximum atomic E-state index is 12.6. The summed E-state index contributed by atoms with van der Waals surface area (Å²) in [6.45, 7) is 4.76. The number of carbonyl (C=O) groups is 2. The van der Waals surface area contributed by atoms with E-state index in [1.807, 2.05) is 52.4 Å². The Morgan fingerprint density at radius 1 is 0.960 bits per heavy atom. The molecule has 2 aromatic rings.